The first kappa shape index (κ1) is 20.1. The van der Waals surface area contributed by atoms with E-state index in [0.717, 1.165) is 12.8 Å². The number of carbonyl (C=O) groups is 1. The molecule has 3 rings (SSSR count). The van der Waals surface area contributed by atoms with Gasteiger partial charge in [-0.3, -0.25) is 4.79 Å². The molecule has 0 saturated heterocycles. The fourth-order valence-corrected chi connectivity index (χ4v) is 3.34. The van der Waals surface area contributed by atoms with Gasteiger partial charge in [0.1, 0.15) is 5.82 Å². The molecular formula is C20H22FNO5S. The predicted octanol–water partition coefficient (Wildman–Crippen LogP) is 3.37. The van der Waals surface area contributed by atoms with E-state index in [0.29, 0.717) is 5.56 Å². The molecule has 8 heteroatoms. The molecule has 0 bridgehead atoms. The number of benzene rings is 2. The molecule has 0 radical (unpaired) electrons. The Morgan fingerprint density at radius 1 is 1.18 bits per heavy atom. The molecule has 2 aromatic rings. The minimum absolute atomic E-state index is 0.0794. The average molecular weight is 407 g/mol. The summed E-state index contributed by atoms with van der Waals surface area (Å²) in [6.07, 6.45) is 1.76. The molecule has 0 aliphatic heterocycles. The molecule has 0 unspecified atom stereocenters. The van der Waals surface area contributed by atoms with Gasteiger partial charge in [0.05, 0.1) is 12.9 Å². The Morgan fingerprint density at radius 3 is 2.54 bits per heavy atom. The van der Waals surface area contributed by atoms with Crippen LogP contribution in [0.15, 0.2) is 42.5 Å². The summed E-state index contributed by atoms with van der Waals surface area (Å²) in [5.74, 6) is -0.536. The van der Waals surface area contributed by atoms with Crippen molar-refractivity contribution >= 4 is 16.0 Å². The molecule has 0 N–H and O–H groups in total. The van der Waals surface area contributed by atoms with Gasteiger partial charge in [-0.05, 0) is 55.7 Å². The minimum atomic E-state index is -3.72. The SMILES string of the molecule is CCS(=O)(=O)Oc1cc(CN(C(=O)c2cccc(F)c2)C2CC2)ccc1OC. The minimum Gasteiger partial charge on any atom is -0.493 e. The molecule has 2 aromatic carbocycles. The molecule has 0 aromatic heterocycles. The third-order valence-corrected chi connectivity index (χ3v) is 5.61. The van der Waals surface area contributed by atoms with Crippen molar-refractivity contribution in [3.63, 3.8) is 0 Å². The van der Waals surface area contributed by atoms with Crippen molar-refractivity contribution in [1.82, 2.24) is 4.90 Å². The highest BCUT2D eigenvalue weighted by Crippen LogP contribution is 2.33. The molecule has 1 amide bonds. The van der Waals surface area contributed by atoms with Crippen molar-refractivity contribution in [2.75, 3.05) is 12.9 Å². The third kappa shape index (κ3) is 4.81. The van der Waals surface area contributed by atoms with Crippen molar-refractivity contribution < 1.29 is 26.5 Å². The predicted molar refractivity (Wildman–Crippen MR) is 102 cm³/mol. The van der Waals surface area contributed by atoms with E-state index in [1.165, 1.54) is 32.2 Å². The third-order valence-electron chi connectivity index (χ3n) is 4.47. The Bertz CT molecular complexity index is 972. The number of hydrogen-bond acceptors (Lipinski definition) is 5. The lowest BCUT2D eigenvalue weighted by Crippen LogP contribution is -2.32. The van der Waals surface area contributed by atoms with E-state index < -0.39 is 15.9 Å². The highest BCUT2D eigenvalue weighted by atomic mass is 32.2. The molecule has 28 heavy (non-hydrogen) atoms. The van der Waals surface area contributed by atoms with Crippen LogP contribution in [-0.2, 0) is 16.7 Å². The standard InChI is InChI=1S/C20H22FNO5S/c1-3-28(24,25)27-19-11-14(7-10-18(19)26-2)13-22(17-8-9-17)20(23)15-5-4-6-16(21)12-15/h4-7,10-12,17H,3,8-9,13H2,1-2H3. The van der Waals surface area contributed by atoms with Crippen molar-refractivity contribution in [3.8, 4) is 11.5 Å². The van der Waals surface area contributed by atoms with Gasteiger partial charge in [-0.1, -0.05) is 12.1 Å². The summed E-state index contributed by atoms with van der Waals surface area (Å²) in [6.45, 7) is 1.74. The van der Waals surface area contributed by atoms with Gasteiger partial charge in [-0.2, -0.15) is 8.42 Å². The van der Waals surface area contributed by atoms with Crippen LogP contribution in [0.1, 0.15) is 35.7 Å². The van der Waals surface area contributed by atoms with Crippen LogP contribution >= 0.6 is 0 Å². The van der Waals surface area contributed by atoms with Crippen LogP contribution in [0.25, 0.3) is 0 Å². The second-order valence-electron chi connectivity index (χ2n) is 6.59. The van der Waals surface area contributed by atoms with E-state index in [9.17, 15) is 17.6 Å². The molecule has 0 spiro atoms. The van der Waals surface area contributed by atoms with Gasteiger partial charge < -0.3 is 13.8 Å². The van der Waals surface area contributed by atoms with Gasteiger partial charge >= 0.3 is 10.1 Å². The quantitative estimate of drug-likeness (QED) is 0.628. The van der Waals surface area contributed by atoms with Crippen molar-refractivity contribution in [2.24, 2.45) is 0 Å². The lowest BCUT2D eigenvalue weighted by atomic mass is 10.1. The average Bonchev–Trinajstić information content (AvgIpc) is 3.50. The lowest BCUT2D eigenvalue weighted by Gasteiger charge is -2.23. The maximum atomic E-state index is 13.5. The Labute approximate surface area is 164 Å². The summed E-state index contributed by atoms with van der Waals surface area (Å²) >= 11 is 0. The first-order valence-corrected chi connectivity index (χ1v) is 10.6. The van der Waals surface area contributed by atoms with E-state index in [1.54, 1.807) is 29.2 Å². The van der Waals surface area contributed by atoms with Crippen molar-refractivity contribution in [3.05, 3.63) is 59.4 Å². The van der Waals surface area contributed by atoms with Crippen LogP contribution < -0.4 is 8.92 Å². The number of hydrogen-bond donors (Lipinski definition) is 0. The molecule has 6 nitrogen and oxygen atoms in total. The normalized spacial score (nSPS) is 13.8. The Hall–Kier alpha value is -2.61. The van der Waals surface area contributed by atoms with Gasteiger partial charge in [0.25, 0.3) is 5.91 Å². The van der Waals surface area contributed by atoms with E-state index in [-0.39, 0.29) is 41.3 Å². The zero-order valence-corrected chi connectivity index (χ0v) is 16.5. The first-order valence-electron chi connectivity index (χ1n) is 8.98. The summed E-state index contributed by atoms with van der Waals surface area (Å²) in [7, 11) is -2.30. The van der Waals surface area contributed by atoms with Crippen LogP contribution in [0.4, 0.5) is 4.39 Å². The lowest BCUT2D eigenvalue weighted by molar-refractivity contribution is 0.0729. The number of amides is 1. The molecule has 0 heterocycles. The van der Waals surface area contributed by atoms with E-state index in [2.05, 4.69) is 0 Å². The number of ether oxygens (including phenoxy) is 1. The zero-order valence-electron chi connectivity index (χ0n) is 15.7. The van der Waals surface area contributed by atoms with Crippen LogP contribution in [0.3, 0.4) is 0 Å². The first-order chi connectivity index (χ1) is 13.3. The maximum absolute atomic E-state index is 13.5. The Kier molecular flexibility index (Phi) is 5.88. The highest BCUT2D eigenvalue weighted by molar-refractivity contribution is 7.87. The smallest absolute Gasteiger partial charge is 0.309 e. The number of rotatable bonds is 8. The second kappa shape index (κ2) is 8.18. The largest absolute Gasteiger partial charge is 0.493 e. The number of methoxy groups -OCH3 is 1. The fraction of sp³-hybridized carbons (Fsp3) is 0.350. The molecule has 1 aliphatic rings. The monoisotopic (exact) mass is 407 g/mol. The molecule has 1 saturated carbocycles. The highest BCUT2D eigenvalue weighted by Gasteiger charge is 2.33. The van der Waals surface area contributed by atoms with E-state index in [1.807, 2.05) is 0 Å². The molecule has 0 atom stereocenters. The summed E-state index contributed by atoms with van der Waals surface area (Å²) in [4.78, 5) is 14.5. The Balaban J connectivity index is 1.86. The molecule has 1 aliphatic carbocycles. The van der Waals surface area contributed by atoms with Crippen LogP contribution in [0.2, 0.25) is 0 Å². The van der Waals surface area contributed by atoms with E-state index in [4.69, 9.17) is 8.92 Å². The summed E-state index contributed by atoms with van der Waals surface area (Å²) in [6, 6.07) is 10.6. The summed E-state index contributed by atoms with van der Waals surface area (Å²) < 4.78 is 47.5. The van der Waals surface area contributed by atoms with Crippen LogP contribution in [0.5, 0.6) is 11.5 Å². The number of carbonyl (C=O) groups excluding carboxylic acids is 1. The fourth-order valence-electron chi connectivity index (χ4n) is 2.82. The van der Waals surface area contributed by atoms with Crippen LogP contribution in [-0.4, -0.2) is 38.1 Å². The van der Waals surface area contributed by atoms with Gasteiger partial charge in [0, 0.05) is 18.2 Å². The molecule has 1 fully saturated rings. The second-order valence-corrected chi connectivity index (χ2v) is 8.45. The van der Waals surface area contributed by atoms with E-state index >= 15 is 0 Å². The zero-order chi connectivity index (χ0) is 20.3. The van der Waals surface area contributed by atoms with Crippen LogP contribution in [0, 0.1) is 5.82 Å². The Morgan fingerprint density at radius 2 is 1.93 bits per heavy atom. The topological polar surface area (TPSA) is 72.9 Å². The van der Waals surface area contributed by atoms with Gasteiger partial charge in [0.15, 0.2) is 11.5 Å². The van der Waals surface area contributed by atoms with Gasteiger partial charge in [0.2, 0.25) is 0 Å². The van der Waals surface area contributed by atoms with Crippen molar-refractivity contribution in [1.29, 1.82) is 0 Å². The number of halogens is 1. The summed E-state index contributed by atoms with van der Waals surface area (Å²) in [5.41, 5.74) is 0.976. The van der Waals surface area contributed by atoms with Gasteiger partial charge in [-0.25, -0.2) is 4.39 Å². The summed E-state index contributed by atoms with van der Waals surface area (Å²) in [5, 5.41) is 0. The molecular weight excluding hydrogens is 385 g/mol. The molecule has 150 valence electrons. The van der Waals surface area contributed by atoms with Gasteiger partial charge in [-0.15, -0.1) is 0 Å². The maximum Gasteiger partial charge on any atom is 0.309 e. The van der Waals surface area contributed by atoms with Crippen molar-refractivity contribution in [2.45, 2.75) is 32.4 Å². The number of nitrogens with zero attached hydrogens (tertiary/aromatic N) is 1.